The average molecular weight is 1230 g/mol. The van der Waals surface area contributed by atoms with Gasteiger partial charge in [-0.15, -0.1) is 0 Å². The normalized spacial score (nSPS) is 12.9. The monoisotopic (exact) mass is 1230 g/mol. The van der Waals surface area contributed by atoms with E-state index in [0.29, 0.717) is 0 Å². The van der Waals surface area contributed by atoms with Crippen LogP contribution in [0.4, 0.5) is 94.1 Å². The molecule has 0 atom stereocenters. The Morgan fingerprint density at radius 1 is 0.277 bits per heavy atom. The molecular weight excluding hydrogens is 1170 g/mol. The van der Waals surface area contributed by atoms with Crippen molar-refractivity contribution in [3.05, 3.63) is 345 Å². The van der Waals surface area contributed by atoms with E-state index in [1.165, 1.54) is 17.0 Å². The number of anilines is 15. The fraction of sp³-hybridized carbons (Fsp3) is 0. The van der Waals surface area contributed by atoms with Crippen molar-refractivity contribution in [3.63, 3.8) is 0 Å². The molecule has 0 aromatic heterocycles. The number of benzene rings is 14. The van der Waals surface area contributed by atoms with Crippen LogP contribution < -0.4 is 57.3 Å². The second kappa shape index (κ2) is 22.7. The van der Waals surface area contributed by atoms with E-state index in [2.05, 4.69) is 328 Å². The lowest BCUT2D eigenvalue weighted by molar-refractivity contribution is 0.584. The van der Waals surface area contributed by atoms with Crippen LogP contribution in [0.3, 0.4) is 0 Å². The van der Waals surface area contributed by atoms with Gasteiger partial charge < -0.3 is 24.5 Å². The number of hydrogen-bond acceptors (Lipinski definition) is 6. The van der Waals surface area contributed by atoms with E-state index < -0.39 is 11.6 Å². The van der Waals surface area contributed by atoms with Gasteiger partial charge in [0.25, 0.3) is 6.71 Å². The molecule has 14 aromatic carbocycles. The average Bonchev–Trinajstić information content (AvgIpc) is 0.693. The smallest absolute Gasteiger partial charge is 0.252 e. The predicted octanol–water partition coefficient (Wildman–Crippen LogP) is 19.1. The minimum atomic E-state index is -0.664. The fourth-order valence-electron chi connectivity index (χ4n) is 15.0. The van der Waals surface area contributed by atoms with Crippen LogP contribution in [0.5, 0.6) is 0 Å². The maximum Gasteiger partial charge on any atom is 0.252 e. The van der Waals surface area contributed by atoms with Crippen LogP contribution in [-0.2, 0) is 0 Å². The maximum atomic E-state index is 17.7. The van der Waals surface area contributed by atoms with Crippen molar-refractivity contribution >= 4 is 143 Å². The van der Waals surface area contributed by atoms with Crippen molar-refractivity contribution in [3.8, 4) is 22.3 Å². The number of rotatable bonds is 11. The Labute approximate surface area is 550 Å². The van der Waals surface area contributed by atoms with Crippen LogP contribution in [0, 0.1) is 11.6 Å². The second-order valence-electron chi connectivity index (χ2n) is 24.2. The minimum absolute atomic E-state index is 0.226. The summed E-state index contributed by atoms with van der Waals surface area (Å²) in [7, 11) is 0. The van der Waals surface area contributed by atoms with Gasteiger partial charge in [0.2, 0.25) is 6.71 Å². The van der Waals surface area contributed by atoms with Crippen LogP contribution in [0.15, 0.2) is 343 Å². The van der Waals surface area contributed by atoms with Crippen molar-refractivity contribution < 1.29 is 8.78 Å². The largest absolute Gasteiger partial charge is 0.311 e. The Kier molecular flexibility index (Phi) is 13.3. The highest BCUT2D eigenvalue weighted by Gasteiger charge is 2.48. The molecule has 0 bridgehead atoms. The topological polar surface area (TPSA) is 16.2 Å². The lowest BCUT2D eigenvalue weighted by Gasteiger charge is -2.46. The Hall–Kier alpha value is -11.6. The highest BCUT2D eigenvalue weighted by Crippen LogP contribution is 2.52. The molecule has 0 spiro atoms. The highest BCUT2D eigenvalue weighted by atomic mass is 32.2. The predicted molar refractivity (Wildman–Crippen MR) is 391 cm³/mol. The van der Waals surface area contributed by atoms with Crippen molar-refractivity contribution in [2.24, 2.45) is 0 Å². The number of para-hydroxylation sites is 7. The third-order valence-electron chi connectivity index (χ3n) is 18.9. The molecule has 0 amide bonds. The molecule has 4 heterocycles. The van der Waals surface area contributed by atoms with E-state index in [4.69, 9.17) is 0 Å². The molecule has 0 radical (unpaired) electrons. The van der Waals surface area contributed by atoms with Gasteiger partial charge in [-0.2, -0.15) is 0 Å². The van der Waals surface area contributed by atoms with Crippen LogP contribution >= 0.6 is 11.8 Å². The molecular formula is C84H55B2F2N5S. The lowest BCUT2D eigenvalue weighted by atomic mass is 9.31. The van der Waals surface area contributed by atoms with E-state index in [1.807, 2.05) is 12.1 Å². The molecule has 10 heteroatoms. The first-order valence-electron chi connectivity index (χ1n) is 31.8. The molecule has 0 saturated carbocycles. The molecule has 18 rings (SSSR count). The summed E-state index contributed by atoms with van der Waals surface area (Å²) < 4.78 is 33.3. The summed E-state index contributed by atoms with van der Waals surface area (Å²) in [6.07, 6.45) is 0. The highest BCUT2D eigenvalue weighted by molar-refractivity contribution is 8.00. The zero-order valence-corrected chi connectivity index (χ0v) is 51.6. The van der Waals surface area contributed by atoms with Gasteiger partial charge in [-0.1, -0.05) is 223 Å². The summed E-state index contributed by atoms with van der Waals surface area (Å²) in [5, 5.41) is 0. The Bertz CT molecular complexity index is 5210. The van der Waals surface area contributed by atoms with Crippen molar-refractivity contribution in [2.75, 3.05) is 24.5 Å². The molecule has 0 N–H and O–H groups in total. The Morgan fingerprint density at radius 3 is 1.34 bits per heavy atom. The number of halogens is 2. The molecule has 0 unspecified atom stereocenters. The van der Waals surface area contributed by atoms with Gasteiger partial charge in [0.15, 0.2) is 0 Å². The second-order valence-corrected chi connectivity index (χ2v) is 25.3. The summed E-state index contributed by atoms with van der Waals surface area (Å²) in [5.41, 5.74) is 25.1. The van der Waals surface area contributed by atoms with E-state index in [1.54, 1.807) is 17.8 Å². The zero-order valence-electron chi connectivity index (χ0n) is 50.8. The van der Waals surface area contributed by atoms with Crippen molar-refractivity contribution in [1.29, 1.82) is 0 Å². The van der Waals surface area contributed by atoms with Crippen LogP contribution in [0.2, 0.25) is 0 Å². The molecule has 5 nitrogen and oxygen atoms in total. The molecule has 442 valence electrons. The first kappa shape index (κ1) is 55.3. The summed E-state index contributed by atoms with van der Waals surface area (Å²) in [4.78, 5) is 13.8. The van der Waals surface area contributed by atoms with Gasteiger partial charge in [0.1, 0.15) is 11.6 Å². The van der Waals surface area contributed by atoms with E-state index in [9.17, 15) is 0 Å². The van der Waals surface area contributed by atoms with Crippen molar-refractivity contribution in [2.45, 2.75) is 9.79 Å². The van der Waals surface area contributed by atoms with E-state index in [0.717, 1.165) is 140 Å². The summed E-state index contributed by atoms with van der Waals surface area (Å²) in [6, 6.07) is 117. The van der Waals surface area contributed by atoms with Gasteiger partial charge in [0.05, 0.1) is 17.1 Å². The van der Waals surface area contributed by atoms with Gasteiger partial charge in [0, 0.05) is 89.7 Å². The van der Waals surface area contributed by atoms with Gasteiger partial charge in [-0.25, -0.2) is 8.78 Å². The first-order chi connectivity index (χ1) is 46.5. The zero-order chi connectivity index (χ0) is 62.4. The van der Waals surface area contributed by atoms with E-state index in [-0.39, 0.29) is 19.1 Å². The number of fused-ring (bicyclic) bond motifs is 8. The molecule has 4 aliphatic heterocycles. The Balaban J connectivity index is 0.911. The van der Waals surface area contributed by atoms with Crippen LogP contribution in [-0.4, -0.2) is 13.4 Å². The molecule has 94 heavy (non-hydrogen) atoms. The molecule has 0 saturated heterocycles. The lowest BCUT2D eigenvalue weighted by Crippen LogP contribution is -2.64. The summed E-state index contributed by atoms with van der Waals surface area (Å²) in [5.74, 6) is -1.31. The van der Waals surface area contributed by atoms with Crippen LogP contribution in [0.25, 0.3) is 22.3 Å². The molecule has 0 aliphatic carbocycles. The van der Waals surface area contributed by atoms with Gasteiger partial charge in [-0.05, 0) is 165 Å². The molecule has 4 aliphatic rings. The van der Waals surface area contributed by atoms with Crippen LogP contribution in [0.1, 0.15) is 0 Å². The fourth-order valence-corrected chi connectivity index (χ4v) is 16.2. The molecule has 0 fully saturated rings. The van der Waals surface area contributed by atoms with Gasteiger partial charge in [-0.3, -0.25) is 0 Å². The molecule has 14 aromatic rings. The maximum absolute atomic E-state index is 17.7. The number of hydrogen-bond donors (Lipinski definition) is 0. The summed E-state index contributed by atoms with van der Waals surface area (Å²) >= 11 is 1.76. The van der Waals surface area contributed by atoms with E-state index >= 15 is 8.78 Å². The first-order valence-corrected chi connectivity index (χ1v) is 32.7. The third kappa shape index (κ3) is 9.08. The minimum Gasteiger partial charge on any atom is -0.311 e. The quantitative estimate of drug-likeness (QED) is 0.119. The summed E-state index contributed by atoms with van der Waals surface area (Å²) in [6.45, 7) is -0.548. The SMILES string of the molecule is Fc1ccc(N2c3cc4c(cc3B3c5ccccc5N(c5ccccc5)c5cc(N(c6ccccc6)c6ccccc6)cc2c53)B2c3ccccc3N(c3ccccc3)c3cc(N(c5ccc(-c6ccccc6)cc5)c5ccccc5-c5ccccc5)cc(c32)S4)c(F)c1. The Morgan fingerprint density at radius 2 is 0.745 bits per heavy atom. The standard InChI is InChI=1S/C84H55B2F2N5S/c87-59-45-48-76(72(88)49-59)93-77-55-81-71(54-70(77)85-68-38-20-23-41-74(68)91(62-33-15-5-16-34-62)78-50-65(51-79(93)83(78)85)89(60-29-11-3-12-30-60)61-31-13-4-14-32-61)86-69-39-21-24-42-75(69)92(63-35-17-6-18-36-63)80-52-66(53-82(94-81)84(80)86)90(64-46-43-57(44-47-64)56-25-7-1-8-26-56)73-40-22-19-37-67(73)58-27-9-2-10-28-58/h1-55H. The number of nitrogens with zero attached hydrogens (tertiary/aromatic N) is 5. The van der Waals surface area contributed by atoms with Gasteiger partial charge >= 0.3 is 0 Å². The third-order valence-corrected chi connectivity index (χ3v) is 20.1. The van der Waals surface area contributed by atoms with Crippen molar-refractivity contribution in [1.82, 2.24) is 0 Å².